The fourth-order valence-electron chi connectivity index (χ4n) is 4.80. The maximum Gasteiger partial charge on any atom is 0.232 e. The van der Waals surface area contributed by atoms with E-state index in [1.54, 1.807) is 0 Å². The number of carbonyl (C=O) groups excluding carboxylic acids is 1. The molecule has 0 N–H and O–H groups in total. The molecule has 3 heterocycles. The molecule has 2 aromatic heterocycles. The summed E-state index contributed by atoms with van der Waals surface area (Å²) in [5.74, 6) is 2.11. The molecule has 1 aromatic carbocycles. The van der Waals surface area contributed by atoms with Crippen molar-refractivity contribution < 1.29 is 4.79 Å². The van der Waals surface area contributed by atoms with E-state index in [0.29, 0.717) is 0 Å². The molecule has 0 bridgehead atoms. The van der Waals surface area contributed by atoms with Crippen LogP contribution in [0.2, 0.25) is 0 Å². The third kappa shape index (κ3) is 3.18. The molecule has 3 aromatic rings. The van der Waals surface area contributed by atoms with Crippen LogP contribution < -0.4 is 4.90 Å². The molecule has 1 amide bonds. The SMILES string of the molecule is Cc1nc(N2CCN(C(=O)C(C)(C)c3ccccc3)CC2)c2c3c(sc2n1)CCC3. The molecule has 5 rings (SSSR count). The molecule has 1 fully saturated rings. The fraction of sp³-hybridized carbons (Fsp3) is 0.458. The molecule has 1 aliphatic heterocycles. The van der Waals surface area contributed by atoms with Gasteiger partial charge in [-0.05, 0) is 51.2 Å². The molecular weight excluding hydrogens is 392 g/mol. The van der Waals surface area contributed by atoms with E-state index in [-0.39, 0.29) is 5.91 Å². The summed E-state index contributed by atoms with van der Waals surface area (Å²) in [5.41, 5.74) is 2.02. The number of carbonyl (C=O) groups is 1. The second kappa shape index (κ2) is 7.34. The summed E-state index contributed by atoms with van der Waals surface area (Å²) in [6.07, 6.45) is 3.55. The number of amides is 1. The van der Waals surface area contributed by atoms with Crippen molar-refractivity contribution in [2.75, 3.05) is 31.1 Å². The molecule has 5 nitrogen and oxygen atoms in total. The number of aryl methyl sites for hydroxylation is 3. The lowest BCUT2D eigenvalue weighted by Gasteiger charge is -2.39. The molecule has 30 heavy (non-hydrogen) atoms. The Morgan fingerprint density at radius 2 is 1.77 bits per heavy atom. The first-order valence-corrected chi connectivity index (χ1v) is 11.7. The zero-order valence-electron chi connectivity index (χ0n) is 17.9. The van der Waals surface area contributed by atoms with Crippen LogP contribution in [-0.2, 0) is 23.1 Å². The highest BCUT2D eigenvalue weighted by Crippen LogP contribution is 2.40. The van der Waals surface area contributed by atoms with Gasteiger partial charge in [0.25, 0.3) is 0 Å². The molecule has 0 saturated carbocycles. The van der Waals surface area contributed by atoms with Crippen LogP contribution in [0.1, 0.15) is 42.1 Å². The summed E-state index contributed by atoms with van der Waals surface area (Å²) in [4.78, 5) is 29.9. The van der Waals surface area contributed by atoms with E-state index in [4.69, 9.17) is 9.97 Å². The van der Waals surface area contributed by atoms with Gasteiger partial charge in [-0.25, -0.2) is 9.97 Å². The number of benzene rings is 1. The maximum atomic E-state index is 13.3. The average Bonchev–Trinajstić information content (AvgIpc) is 3.34. The lowest BCUT2D eigenvalue weighted by Crippen LogP contribution is -2.53. The predicted molar refractivity (Wildman–Crippen MR) is 122 cm³/mol. The van der Waals surface area contributed by atoms with E-state index in [1.807, 2.05) is 67.3 Å². The van der Waals surface area contributed by atoms with Crippen molar-refractivity contribution in [2.45, 2.75) is 45.4 Å². The van der Waals surface area contributed by atoms with Crippen molar-refractivity contribution in [1.29, 1.82) is 0 Å². The van der Waals surface area contributed by atoms with Crippen molar-refractivity contribution in [1.82, 2.24) is 14.9 Å². The summed E-state index contributed by atoms with van der Waals surface area (Å²) in [7, 11) is 0. The van der Waals surface area contributed by atoms with Gasteiger partial charge in [-0.2, -0.15) is 0 Å². The number of rotatable bonds is 3. The molecule has 1 aliphatic carbocycles. The van der Waals surface area contributed by atoms with E-state index < -0.39 is 5.41 Å². The molecule has 0 atom stereocenters. The third-order valence-corrected chi connectivity index (χ3v) is 7.74. The van der Waals surface area contributed by atoms with Gasteiger partial charge in [-0.1, -0.05) is 30.3 Å². The third-order valence-electron chi connectivity index (χ3n) is 6.55. The smallest absolute Gasteiger partial charge is 0.232 e. The van der Waals surface area contributed by atoms with Crippen LogP contribution in [0.3, 0.4) is 0 Å². The number of piperazine rings is 1. The van der Waals surface area contributed by atoms with Crippen LogP contribution in [0.4, 0.5) is 5.82 Å². The van der Waals surface area contributed by atoms with Gasteiger partial charge in [0.1, 0.15) is 16.5 Å². The van der Waals surface area contributed by atoms with Gasteiger partial charge < -0.3 is 9.80 Å². The number of nitrogens with zero attached hydrogens (tertiary/aromatic N) is 4. The molecule has 156 valence electrons. The minimum absolute atomic E-state index is 0.203. The second-order valence-corrected chi connectivity index (χ2v) is 9.99. The monoisotopic (exact) mass is 420 g/mol. The van der Waals surface area contributed by atoms with Gasteiger partial charge in [0.05, 0.1) is 10.8 Å². The standard InChI is InChI=1S/C24H28N4OS/c1-16-25-21(20-18-10-7-11-19(18)30-22(20)26-16)27-12-14-28(15-13-27)23(29)24(2,3)17-8-5-4-6-9-17/h4-6,8-9H,7,10-15H2,1-3H3. The van der Waals surface area contributed by atoms with Gasteiger partial charge in [-0.3, -0.25) is 4.79 Å². The number of fused-ring (bicyclic) bond motifs is 3. The van der Waals surface area contributed by atoms with E-state index in [9.17, 15) is 4.79 Å². The van der Waals surface area contributed by atoms with Crippen LogP contribution >= 0.6 is 11.3 Å². The van der Waals surface area contributed by atoms with Crippen molar-refractivity contribution in [2.24, 2.45) is 0 Å². The van der Waals surface area contributed by atoms with Crippen LogP contribution in [-0.4, -0.2) is 47.0 Å². The lowest BCUT2D eigenvalue weighted by atomic mass is 9.83. The molecule has 6 heteroatoms. The minimum Gasteiger partial charge on any atom is -0.352 e. The van der Waals surface area contributed by atoms with Gasteiger partial charge in [0.2, 0.25) is 5.91 Å². The van der Waals surface area contributed by atoms with Crippen LogP contribution in [0.5, 0.6) is 0 Å². The summed E-state index contributed by atoms with van der Waals surface area (Å²) in [6.45, 7) is 9.12. The number of hydrogen-bond donors (Lipinski definition) is 0. The van der Waals surface area contributed by atoms with Crippen molar-refractivity contribution in [3.63, 3.8) is 0 Å². The van der Waals surface area contributed by atoms with Gasteiger partial charge in [0, 0.05) is 31.1 Å². The number of thiophene rings is 1. The van der Waals surface area contributed by atoms with E-state index >= 15 is 0 Å². The molecule has 0 unspecified atom stereocenters. The predicted octanol–water partition coefficient (Wildman–Crippen LogP) is 4.11. The quantitative estimate of drug-likeness (QED) is 0.640. The highest BCUT2D eigenvalue weighted by Gasteiger charge is 2.35. The first-order chi connectivity index (χ1) is 14.4. The molecule has 2 aliphatic rings. The number of hydrogen-bond acceptors (Lipinski definition) is 5. The zero-order chi connectivity index (χ0) is 20.9. The van der Waals surface area contributed by atoms with E-state index in [1.165, 1.54) is 28.7 Å². The summed E-state index contributed by atoms with van der Waals surface area (Å²) in [6, 6.07) is 10.1. The molecule has 0 radical (unpaired) electrons. The largest absolute Gasteiger partial charge is 0.352 e. The highest BCUT2D eigenvalue weighted by atomic mass is 32.1. The molecule has 1 saturated heterocycles. The first kappa shape index (κ1) is 19.5. The van der Waals surface area contributed by atoms with Crippen LogP contribution in [0.25, 0.3) is 10.2 Å². The fourth-order valence-corrected chi connectivity index (χ4v) is 6.11. The maximum absolute atomic E-state index is 13.3. The van der Waals surface area contributed by atoms with E-state index in [0.717, 1.165) is 54.6 Å². The molecular formula is C24H28N4OS. The number of anilines is 1. The average molecular weight is 421 g/mol. The Hall–Kier alpha value is -2.47. The Balaban J connectivity index is 1.37. The lowest BCUT2D eigenvalue weighted by molar-refractivity contribution is -0.136. The van der Waals surface area contributed by atoms with Crippen molar-refractivity contribution >= 4 is 33.3 Å². The zero-order valence-corrected chi connectivity index (χ0v) is 18.8. The minimum atomic E-state index is -0.517. The Kier molecular flexibility index (Phi) is 4.77. The van der Waals surface area contributed by atoms with Gasteiger partial charge in [-0.15, -0.1) is 11.3 Å². The topological polar surface area (TPSA) is 49.3 Å². The van der Waals surface area contributed by atoms with Gasteiger partial charge in [0.15, 0.2) is 0 Å². The van der Waals surface area contributed by atoms with Crippen molar-refractivity contribution in [3.05, 3.63) is 52.2 Å². The normalized spacial score (nSPS) is 16.9. The Labute approximate surface area is 181 Å². The molecule has 0 spiro atoms. The Morgan fingerprint density at radius 3 is 2.50 bits per heavy atom. The van der Waals surface area contributed by atoms with Crippen molar-refractivity contribution in [3.8, 4) is 0 Å². The Morgan fingerprint density at radius 1 is 1.03 bits per heavy atom. The van der Waals surface area contributed by atoms with Crippen LogP contribution in [0, 0.1) is 6.92 Å². The summed E-state index contributed by atoms with van der Waals surface area (Å²) in [5, 5.41) is 1.27. The Bertz CT molecular complexity index is 1100. The van der Waals surface area contributed by atoms with Crippen LogP contribution in [0.15, 0.2) is 30.3 Å². The van der Waals surface area contributed by atoms with Gasteiger partial charge >= 0.3 is 0 Å². The van der Waals surface area contributed by atoms with E-state index in [2.05, 4.69) is 4.90 Å². The number of aromatic nitrogens is 2. The highest BCUT2D eigenvalue weighted by molar-refractivity contribution is 7.19. The summed E-state index contributed by atoms with van der Waals surface area (Å²) < 4.78 is 0. The second-order valence-electron chi connectivity index (χ2n) is 8.90. The summed E-state index contributed by atoms with van der Waals surface area (Å²) >= 11 is 1.84. The first-order valence-electron chi connectivity index (χ1n) is 10.8.